The van der Waals surface area contributed by atoms with Crippen molar-refractivity contribution in [2.45, 2.75) is 32.5 Å². The first-order chi connectivity index (χ1) is 11.1. The van der Waals surface area contributed by atoms with Crippen LogP contribution >= 0.6 is 0 Å². The van der Waals surface area contributed by atoms with Gasteiger partial charge in [0.15, 0.2) is 0 Å². The van der Waals surface area contributed by atoms with E-state index in [0.29, 0.717) is 19.6 Å². The number of hydrogen-bond acceptors (Lipinski definition) is 2. The SMILES string of the molecule is Cc1cccc(CC(=O)N(C)CC2Cc3ccccc3CO2)c1. The second-order valence-corrected chi connectivity index (χ2v) is 6.35. The monoisotopic (exact) mass is 309 g/mol. The van der Waals surface area contributed by atoms with Crippen molar-refractivity contribution in [3.05, 3.63) is 70.8 Å². The zero-order valence-electron chi connectivity index (χ0n) is 13.8. The summed E-state index contributed by atoms with van der Waals surface area (Å²) in [6.07, 6.45) is 1.40. The van der Waals surface area contributed by atoms with Gasteiger partial charge in [-0.25, -0.2) is 0 Å². The van der Waals surface area contributed by atoms with Gasteiger partial charge in [0, 0.05) is 20.0 Å². The van der Waals surface area contributed by atoms with Gasteiger partial charge in [-0.2, -0.15) is 0 Å². The van der Waals surface area contributed by atoms with Gasteiger partial charge < -0.3 is 9.64 Å². The van der Waals surface area contributed by atoms with Crippen molar-refractivity contribution in [2.24, 2.45) is 0 Å². The molecule has 120 valence electrons. The minimum atomic E-state index is 0.0800. The van der Waals surface area contributed by atoms with Crippen LogP contribution in [-0.2, 0) is 29.0 Å². The van der Waals surface area contributed by atoms with Crippen molar-refractivity contribution in [1.82, 2.24) is 4.90 Å². The third-order valence-corrected chi connectivity index (χ3v) is 4.38. The van der Waals surface area contributed by atoms with Crippen molar-refractivity contribution in [1.29, 1.82) is 0 Å². The molecule has 1 aliphatic heterocycles. The molecule has 0 aromatic heterocycles. The Labute approximate surface area is 137 Å². The molecule has 1 unspecified atom stereocenters. The fourth-order valence-electron chi connectivity index (χ4n) is 3.07. The lowest BCUT2D eigenvalue weighted by atomic mass is 9.99. The smallest absolute Gasteiger partial charge is 0.226 e. The first-order valence-electron chi connectivity index (χ1n) is 8.09. The average Bonchev–Trinajstić information content (AvgIpc) is 2.54. The van der Waals surface area contributed by atoms with Crippen molar-refractivity contribution in [3.63, 3.8) is 0 Å². The number of carbonyl (C=O) groups is 1. The summed E-state index contributed by atoms with van der Waals surface area (Å²) in [7, 11) is 1.86. The van der Waals surface area contributed by atoms with Crippen LogP contribution in [0.3, 0.4) is 0 Å². The molecule has 0 N–H and O–H groups in total. The third kappa shape index (κ3) is 3.99. The highest BCUT2D eigenvalue weighted by Crippen LogP contribution is 2.20. The van der Waals surface area contributed by atoms with Gasteiger partial charge in [-0.05, 0) is 23.6 Å². The van der Waals surface area contributed by atoms with Gasteiger partial charge in [0.05, 0.1) is 19.1 Å². The molecule has 1 aliphatic rings. The van der Waals surface area contributed by atoms with E-state index in [9.17, 15) is 4.79 Å². The molecular formula is C20H23NO2. The van der Waals surface area contributed by atoms with E-state index in [1.165, 1.54) is 16.7 Å². The lowest BCUT2D eigenvalue weighted by Gasteiger charge is -2.29. The van der Waals surface area contributed by atoms with Crippen LogP contribution in [0, 0.1) is 6.92 Å². The number of hydrogen-bond donors (Lipinski definition) is 0. The summed E-state index contributed by atoms with van der Waals surface area (Å²) in [5.74, 6) is 0.137. The summed E-state index contributed by atoms with van der Waals surface area (Å²) in [5.41, 5.74) is 4.85. The fraction of sp³-hybridized carbons (Fsp3) is 0.350. The molecule has 0 saturated heterocycles. The van der Waals surface area contributed by atoms with Crippen LogP contribution in [-0.4, -0.2) is 30.5 Å². The number of ether oxygens (including phenoxy) is 1. The summed E-state index contributed by atoms with van der Waals surface area (Å²) >= 11 is 0. The molecule has 23 heavy (non-hydrogen) atoms. The molecule has 0 radical (unpaired) electrons. The number of aryl methyl sites for hydroxylation is 1. The van der Waals surface area contributed by atoms with Crippen LogP contribution in [0.15, 0.2) is 48.5 Å². The van der Waals surface area contributed by atoms with E-state index >= 15 is 0 Å². The van der Waals surface area contributed by atoms with Gasteiger partial charge in [0.25, 0.3) is 0 Å². The molecule has 0 spiro atoms. The van der Waals surface area contributed by atoms with Crippen LogP contribution in [0.25, 0.3) is 0 Å². The Balaban J connectivity index is 1.57. The maximum atomic E-state index is 12.4. The van der Waals surface area contributed by atoms with E-state index < -0.39 is 0 Å². The highest BCUT2D eigenvalue weighted by molar-refractivity contribution is 5.78. The molecule has 0 fully saturated rings. The van der Waals surface area contributed by atoms with Crippen molar-refractivity contribution < 1.29 is 9.53 Å². The molecule has 0 saturated carbocycles. The van der Waals surface area contributed by atoms with Crippen LogP contribution in [0.4, 0.5) is 0 Å². The van der Waals surface area contributed by atoms with Gasteiger partial charge in [-0.1, -0.05) is 54.1 Å². The fourth-order valence-corrected chi connectivity index (χ4v) is 3.07. The molecule has 3 rings (SSSR count). The molecule has 1 atom stereocenters. The number of amides is 1. The van der Waals surface area contributed by atoms with Crippen LogP contribution in [0.2, 0.25) is 0 Å². The Morgan fingerprint density at radius 1 is 1.17 bits per heavy atom. The zero-order valence-corrected chi connectivity index (χ0v) is 13.8. The summed E-state index contributed by atoms with van der Waals surface area (Å²) in [5, 5.41) is 0. The van der Waals surface area contributed by atoms with Gasteiger partial charge in [-0.3, -0.25) is 4.79 Å². The van der Waals surface area contributed by atoms with E-state index in [0.717, 1.165) is 12.0 Å². The molecule has 2 aromatic carbocycles. The number of carbonyl (C=O) groups excluding carboxylic acids is 1. The number of benzene rings is 2. The topological polar surface area (TPSA) is 29.5 Å². The number of fused-ring (bicyclic) bond motifs is 1. The summed E-state index contributed by atoms with van der Waals surface area (Å²) in [6.45, 7) is 3.32. The Bertz CT molecular complexity index is 696. The quantitative estimate of drug-likeness (QED) is 0.868. The lowest BCUT2D eigenvalue weighted by molar-refractivity contribution is -0.131. The molecule has 1 heterocycles. The maximum absolute atomic E-state index is 12.4. The maximum Gasteiger partial charge on any atom is 0.226 e. The lowest BCUT2D eigenvalue weighted by Crippen LogP contribution is -2.38. The van der Waals surface area contributed by atoms with E-state index in [1.807, 2.05) is 38.2 Å². The Morgan fingerprint density at radius 2 is 1.96 bits per heavy atom. The molecule has 0 aliphatic carbocycles. The highest BCUT2D eigenvalue weighted by atomic mass is 16.5. The predicted molar refractivity (Wildman–Crippen MR) is 91.2 cm³/mol. The largest absolute Gasteiger partial charge is 0.371 e. The molecule has 1 amide bonds. The number of rotatable bonds is 4. The van der Waals surface area contributed by atoms with Crippen molar-refractivity contribution >= 4 is 5.91 Å². The van der Waals surface area contributed by atoms with E-state index in [1.54, 1.807) is 4.90 Å². The molecule has 3 heteroatoms. The van der Waals surface area contributed by atoms with Crippen LogP contribution in [0.5, 0.6) is 0 Å². The number of nitrogens with zero attached hydrogens (tertiary/aromatic N) is 1. The van der Waals surface area contributed by atoms with Gasteiger partial charge in [-0.15, -0.1) is 0 Å². The van der Waals surface area contributed by atoms with E-state index in [4.69, 9.17) is 4.74 Å². The van der Waals surface area contributed by atoms with Gasteiger partial charge in [0.2, 0.25) is 5.91 Å². The predicted octanol–water partition coefficient (Wildman–Crippen LogP) is 3.14. The molecular weight excluding hydrogens is 286 g/mol. The minimum absolute atomic E-state index is 0.0800. The van der Waals surface area contributed by atoms with Crippen LogP contribution < -0.4 is 0 Å². The second kappa shape index (κ2) is 6.97. The van der Waals surface area contributed by atoms with Crippen LogP contribution in [0.1, 0.15) is 22.3 Å². The van der Waals surface area contributed by atoms with Crippen molar-refractivity contribution in [3.8, 4) is 0 Å². The highest BCUT2D eigenvalue weighted by Gasteiger charge is 2.22. The normalized spacial score (nSPS) is 16.7. The Morgan fingerprint density at radius 3 is 2.74 bits per heavy atom. The summed E-state index contributed by atoms with van der Waals surface area (Å²) in [6, 6.07) is 16.5. The minimum Gasteiger partial charge on any atom is -0.371 e. The molecule has 2 aromatic rings. The zero-order chi connectivity index (χ0) is 16.2. The standard InChI is InChI=1S/C20H23NO2/c1-15-6-5-7-16(10-15)11-20(22)21(2)13-19-12-17-8-3-4-9-18(17)14-23-19/h3-10,19H,11-14H2,1-2H3. The summed E-state index contributed by atoms with van der Waals surface area (Å²) < 4.78 is 5.90. The molecule has 0 bridgehead atoms. The summed E-state index contributed by atoms with van der Waals surface area (Å²) in [4.78, 5) is 14.2. The van der Waals surface area contributed by atoms with Gasteiger partial charge >= 0.3 is 0 Å². The third-order valence-electron chi connectivity index (χ3n) is 4.38. The van der Waals surface area contributed by atoms with Gasteiger partial charge in [0.1, 0.15) is 0 Å². The first-order valence-corrected chi connectivity index (χ1v) is 8.09. The second-order valence-electron chi connectivity index (χ2n) is 6.35. The van der Waals surface area contributed by atoms with E-state index in [2.05, 4.69) is 24.3 Å². The molecule has 3 nitrogen and oxygen atoms in total. The van der Waals surface area contributed by atoms with Crippen molar-refractivity contribution in [2.75, 3.05) is 13.6 Å². The number of likely N-dealkylation sites (N-methyl/N-ethyl adjacent to an activating group) is 1. The van der Waals surface area contributed by atoms with E-state index in [-0.39, 0.29) is 12.0 Å². The first kappa shape index (κ1) is 15.8. The Hall–Kier alpha value is -2.13. The Kier molecular flexibility index (Phi) is 4.77. The average molecular weight is 309 g/mol.